The maximum atomic E-state index is 13.6. The molecule has 2 aromatic rings. The molecule has 0 aromatic heterocycles. The van der Waals surface area contributed by atoms with E-state index < -0.39 is 5.82 Å². The highest BCUT2D eigenvalue weighted by atomic mass is 35.5. The molecule has 2 N–H and O–H groups in total. The first-order valence-electron chi connectivity index (χ1n) is 5.40. The predicted octanol–water partition coefficient (Wildman–Crippen LogP) is 3.17. The second kappa shape index (κ2) is 5.29. The summed E-state index contributed by atoms with van der Waals surface area (Å²) in [7, 11) is 0. The van der Waals surface area contributed by atoms with E-state index in [1.807, 2.05) is 0 Å². The van der Waals surface area contributed by atoms with E-state index in [1.54, 1.807) is 24.3 Å². The van der Waals surface area contributed by atoms with Crippen LogP contribution in [0, 0.1) is 5.82 Å². The van der Waals surface area contributed by atoms with Crippen LogP contribution >= 0.6 is 11.6 Å². The second-order valence-corrected chi connectivity index (χ2v) is 4.29. The van der Waals surface area contributed by atoms with Gasteiger partial charge in [-0.2, -0.15) is 0 Å². The zero-order valence-electron chi connectivity index (χ0n) is 9.49. The van der Waals surface area contributed by atoms with Crippen molar-refractivity contribution in [2.45, 2.75) is 6.54 Å². The molecule has 0 bridgehead atoms. The van der Waals surface area contributed by atoms with Gasteiger partial charge in [-0.05, 0) is 23.8 Å². The van der Waals surface area contributed by atoms with E-state index in [-0.39, 0.29) is 16.4 Å². The zero-order chi connectivity index (χ0) is 13.1. The van der Waals surface area contributed by atoms with Gasteiger partial charge in [0.15, 0.2) is 5.78 Å². The van der Waals surface area contributed by atoms with Crippen molar-refractivity contribution in [2.24, 2.45) is 5.73 Å². The summed E-state index contributed by atoms with van der Waals surface area (Å²) in [5, 5.41) is 0.266. The average Bonchev–Trinajstić information content (AvgIpc) is 2.38. The van der Waals surface area contributed by atoms with Gasteiger partial charge in [-0.25, -0.2) is 4.39 Å². The number of ketones is 1. The Kier molecular flexibility index (Phi) is 3.75. The molecule has 0 aliphatic rings. The second-order valence-electron chi connectivity index (χ2n) is 3.85. The Hall–Kier alpha value is -1.71. The fourth-order valence-electron chi connectivity index (χ4n) is 1.62. The van der Waals surface area contributed by atoms with Gasteiger partial charge in [0.05, 0.1) is 5.56 Å². The monoisotopic (exact) mass is 263 g/mol. The van der Waals surface area contributed by atoms with E-state index in [0.29, 0.717) is 12.1 Å². The number of carbonyl (C=O) groups is 1. The molecule has 0 saturated carbocycles. The summed E-state index contributed by atoms with van der Waals surface area (Å²) in [6, 6.07) is 10.8. The van der Waals surface area contributed by atoms with Gasteiger partial charge in [0.1, 0.15) is 5.82 Å². The van der Waals surface area contributed by atoms with E-state index in [0.717, 1.165) is 11.6 Å². The van der Waals surface area contributed by atoms with Gasteiger partial charge in [-0.15, -0.1) is 0 Å². The molecule has 2 nitrogen and oxygen atoms in total. The normalized spacial score (nSPS) is 10.4. The SMILES string of the molecule is NCc1ccc(C(=O)c2ccc(Cl)cc2F)cc1. The molecule has 0 unspecified atom stereocenters. The lowest BCUT2D eigenvalue weighted by atomic mass is 10.0. The van der Waals surface area contributed by atoms with Gasteiger partial charge in [0.25, 0.3) is 0 Å². The Balaban J connectivity index is 2.35. The molecule has 18 heavy (non-hydrogen) atoms. The summed E-state index contributed by atoms with van der Waals surface area (Å²) in [6.07, 6.45) is 0. The lowest BCUT2D eigenvalue weighted by molar-refractivity contribution is 0.103. The van der Waals surface area contributed by atoms with Crippen molar-refractivity contribution in [1.82, 2.24) is 0 Å². The molecule has 0 fully saturated rings. The molecule has 0 heterocycles. The molecule has 0 aliphatic heterocycles. The number of benzene rings is 2. The molecule has 0 atom stereocenters. The van der Waals surface area contributed by atoms with Gasteiger partial charge in [-0.3, -0.25) is 4.79 Å². The Morgan fingerprint density at radius 3 is 2.39 bits per heavy atom. The van der Waals surface area contributed by atoms with Crippen molar-refractivity contribution in [2.75, 3.05) is 0 Å². The molecule has 92 valence electrons. The highest BCUT2D eigenvalue weighted by molar-refractivity contribution is 6.30. The molecular weight excluding hydrogens is 253 g/mol. The minimum Gasteiger partial charge on any atom is -0.326 e. The van der Waals surface area contributed by atoms with Crippen molar-refractivity contribution in [3.05, 3.63) is 70.0 Å². The first-order chi connectivity index (χ1) is 8.61. The fraction of sp³-hybridized carbons (Fsp3) is 0.0714. The third-order valence-electron chi connectivity index (χ3n) is 2.63. The van der Waals surface area contributed by atoms with Crippen LogP contribution in [0.5, 0.6) is 0 Å². The van der Waals surface area contributed by atoms with Gasteiger partial charge in [0, 0.05) is 17.1 Å². The third-order valence-corrected chi connectivity index (χ3v) is 2.86. The summed E-state index contributed by atoms with van der Waals surface area (Å²) >= 11 is 5.64. The fourth-order valence-corrected chi connectivity index (χ4v) is 1.78. The van der Waals surface area contributed by atoms with Gasteiger partial charge >= 0.3 is 0 Å². The Morgan fingerprint density at radius 1 is 1.17 bits per heavy atom. The van der Waals surface area contributed by atoms with E-state index in [1.165, 1.54) is 12.1 Å². The smallest absolute Gasteiger partial charge is 0.195 e. The number of halogens is 2. The third kappa shape index (κ3) is 2.58. The number of rotatable bonds is 3. The van der Waals surface area contributed by atoms with Crippen LogP contribution in [0.2, 0.25) is 5.02 Å². The highest BCUT2D eigenvalue weighted by Gasteiger charge is 2.13. The Bertz CT molecular complexity index is 581. The summed E-state index contributed by atoms with van der Waals surface area (Å²) in [4.78, 5) is 12.1. The molecule has 4 heteroatoms. The van der Waals surface area contributed by atoms with E-state index in [4.69, 9.17) is 17.3 Å². The van der Waals surface area contributed by atoms with Crippen LogP contribution in [0.1, 0.15) is 21.5 Å². The van der Waals surface area contributed by atoms with Crippen molar-refractivity contribution in [3.63, 3.8) is 0 Å². The quantitative estimate of drug-likeness (QED) is 0.865. The number of nitrogens with two attached hydrogens (primary N) is 1. The summed E-state index contributed by atoms with van der Waals surface area (Å²) in [6.45, 7) is 0.407. The minimum atomic E-state index is -0.615. The highest BCUT2D eigenvalue weighted by Crippen LogP contribution is 2.18. The summed E-state index contributed by atoms with van der Waals surface area (Å²) in [5.74, 6) is -0.983. The average molecular weight is 264 g/mol. The zero-order valence-corrected chi connectivity index (χ0v) is 10.2. The number of hydrogen-bond acceptors (Lipinski definition) is 2. The maximum absolute atomic E-state index is 13.6. The van der Waals surface area contributed by atoms with Gasteiger partial charge < -0.3 is 5.73 Å². The Morgan fingerprint density at radius 2 is 1.83 bits per heavy atom. The molecule has 0 aliphatic carbocycles. The van der Waals surface area contributed by atoms with Crippen LogP contribution in [0.25, 0.3) is 0 Å². The number of carbonyl (C=O) groups excluding carboxylic acids is 1. The lowest BCUT2D eigenvalue weighted by Gasteiger charge is -2.04. The largest absolute Gasteiger partial charge is 0.326 e. The van der Waals surface area contributed by atoms with Crippen LogP contribution < -0.4 is 5.73 Å². The topological polar surface area (TPSA) is 43.1 Å². The van der Waals surface area contributed by atoms with E-state index >= 15 is 0 Å². The van der Waals surface area contributed by atoms with Crippen LogP contribution in [0.15, 0.2) is 42.5 Å². The lowest BCUT2D eigenvalue weighted by Crippen LogP contribution is -2.05. The van der Waals surface area contributed by atoms with Crippen molar-refractivity contribution < 1.29 is 9.18 Å². The molecule has 2 rings (SSSR count). The molecule has 0 spiro atoms. The predicted molar refractivity (Wildman–Crippen MR) is 69.2 cm³/mol. The molecule has 0 amide bonds. The molecular formula is C14H11ClFNO. The van der Waals surface area contributed by atoms with Crippen LogP contribution in [-0.4, -0.2) is 5.78 Å². The van der Waals surface area contributed by atoms with E-state index in [9.17, 15) is 9.18 Å². The summed E-state index contributed by atoms with van der Waals surface area (Å²) in [5.41, 5.74) is 6.83. The number of hydrogen-bond donors (Lipinski definition) is 1. The van der Waals surface area contributed by atoms with Crippen molar-refractivity contribution >= 4 is 17.4 Å². The van der Waals surface area contributed by atoms with Crippen molar-refractivity contribution in [3.8, 4) is 0 Å². The summed E-state index contributed by atoms with van der Waals surface area (Å²) < 4.78 is 13.6. The van der Waals surface area contributed by atoms with Crippen LogP contribution in [0.3, 0.4) is 0 Å². The first kappa shape index (κ1) is 12.7. The Labute approximate surface area is 109 Å². The first-order valence-corrected chi connectivity index (χ1v) is 5.78. The van der Waals surface area contributed by atoms with Crippen LogP contribution in [-0.2, 0) is 6.54 Å². The standard InChI is InChI=1S/C14H11ClFNO/c15-11-5-6-12(13(16)7-11)14(18)10-3-1-9(8-17)2-4-10/h1-7H,8,17H2. The molecule has 2 aromatic carbocycles. The minimum absolute atomic E-state index is 0.0138. The maximum Gasteiger partial charge on any atom is 0.195 e. The van der Waals surface area contributed by atoms with E-state index in [2.05, 4.69) is 0 Å². The molecule has 0 saturated heterocycles. The van der Waals surface area contributed by atoms with Crippen molar-refractivity contribution in [1.29, 1.82) is 0 Å². The van der Waals surface area contributed by atoms with Crippen LogP contribution in [0.4, 0.5) is 4.39 Å². The van der Waals surface area contributed by atoms with Gasteiger partial charge in [-0.1, -0.05) is 35.9 Å². The molecule has 0 radical (unpaired) electrons. The van der Waals surface area contributed by atoms with Gasteiger partial charge in [0.2, 0.25) is 0 Å².